The summed E-state index contributed by atoms with van der Waals surface area (Å²) in [6.45, 7) is 2.03. The molecule has 3 rings (SSSR count). The van der Waals surface area contributed by atoms with Crippen LogP contribution in [0.5, 0.6) is 17.2 Å². The molecule has 200 valence electrons. The second-order valence-corrected chi connectivity index (χ2v) is 10.0. The second-order valence-electron chi connectivity index (χ2n) is 10.0. The first-order valence-corrected chi connectivity index (χ1v) is 12.2. The Hall–Kier alpha value is -3.04. The summed E-state index contributed by atoms with van der Waals surface area (Å²) >= 11 is 0. The molecule has 0 aliphatic carbocycles. The molecule has 8 heteroatoms. The minimum absolute atomic E-state index is 0.293. The highest BCUT2D eigenvalue weighted by Gasteiger charge is 2.43. The predicted molar refractivity (Wildman–Crippen MR) is 146 cm³/mol. The molecule has 0 saturated carbocycles. The predicted octanol–water partition coefficient (Wildman–Crippen LogP) is 3.83. The molecule has 0 heterocycles. The van der Waals surface area contributed by atoms with Crippen LogP contribution >= 0.6 is 0 Å². The van der Waals surface area contributed by atoms with Crippen molar-refractivity contribution in [2.24, 2.45) is 0 Å². The third kappa shape index (κ3) is 8.23. The summed E-state index contributed by atoms with van der Waals surface area (Å²) in [6, 6.07) is 22.3. The highest BCUT2D eigenvalue weighted by molar-refractivity contribution is 6.30. The second kappa shape index (κ2) is 13.5. The highest BCUT2D eigenvalue weighted by Crippen LogP contribution is 2.48. The number of hydrogen-bond acceptors (Lipinski definition) is 6. The van der Waals surface area contributed by atoms with Crippen molar-refractivity contribution in [2.75, 3.05) is 49.5 Å². The van der Waals surface area contributed by atoms with Crippen LogP contribution in [0.1, 0.15) is 36.0 Å². The summed E-state index contributed by atoms with van der Waals surface area (Å²) in [7, 11) is 11.1. The highest BCUT2D eigenvalue weighted by atomic mass is 16.6. The molecular formula is C29H40BNO6. The van der Waals surface area contributed by atoms with Gasteiger partial charge in [-0.1, -0.05) is 43.3 Å². The fourth-order valence-electron chi connectivity index (χ4n) is 4.22. The molecule has 3 aromatic rings. The van der Waals surface area contributed by atoms with Gasteiger partial charge in [0, 0.05) is 5.92 Å². The Morgan fingerprint density at radius 3 is 1.32 bits per heavy atom. The van der Waals surface area contributed by atoms with Crippen LogP contribution in [0, 0.1) is 0 Å². The van der Waals surface area contributed by atoms with Crippen LogP contribution in [-0.2, 0) is 10.3 Å². The average molecular weight is 509 g/mol. The molecule has 3 aromatic carbocycles. The Morgan fingerprint density at radius 2 is 1.05 bits per heavy atom. The molecular weight excluding hydrogens is 469 g/mol. The van der Waals surface area contributed by atoms with E-state index in [9.17, 15) is 10.0 Å². The zero-order valence-electron chi connectivity index (χ0n) is 23.2. The molecule has 0 aromatic heterocycles. The van der Waals surface area contributed by atoms with Gasteiger partial charge in [0.25, 0.3) is 0 Å². The molecule has 0 spiro atoms. The van der Waals surface area contributed by atoms with E-state index in [-0.39, 0.29) is 5.92 Å². The molecule has 37 heavy (non-hydrogen) atoms. The van der Waals surface area contributed by atoms with Crippen molar-refractivity contribution in [1.29, 1.82) is 0 Å². The van der Waals surface area contributed by atoms with Crippen molar-refractivity contribution in [3.8, 4) is 17.2 Å². The molecule has 0 saturated heterocycles. The van der Waals surface area contributed by atoms with Gasteiger partial charge in [0.1, 0.15) is 22.8 Å². The van der Waals surface area contributed by atoms with E-state index in [0.717, 1.165) is 26.9 Å². The zero-order chi connectivity index (χ0) is 27.6. The third-order valence-corrected chi connectivity index (χ3v) is 5.74. The van der Waals surface area contributed by atoms with Crippen LogP contribution in [0.3, 0.4) is 0 Å². The van der Waals surface area contributed by atoms with Gasteiger partial charge in [-0.05, 0) is 59.5 Å². The monoisotopic (exact) mass is 509 g/mol. The molecule has 0 radical (unpaired) electrons. The Bertz CT molecular complexity index is 1010. The van der Waals surface area contributed by atoms with Gasteiger partial charge >= 0.3 is 7.32 Å². The van der Waals surface area contributed by atoms with Crippen LogP contribution < -0.4 is 19.2 Å². The average Bonchev–Trinajstić information content (AvgIpc) is 2.87. The van der Waals surface area contributed by atoms with Gasteiger partial charge in [-0.25, -0.2) is 0 Å². The van der Waals surface area contributed by atoms with Crippen molar-refractivity contribution >= 4 is 7.32 Å². The minimum Gasteiger partial charge on any atom is -0.832 e. The Morgan fingerprint density at radius 1 is 0.730 bits per heavy atom. The van der Waals surface area contributed by atoms with Crippen LogP contribution in [0.25, 0.3) is 0 Å². The molecule has 0 bridgehead atoms. The van der Waals surface area contributed by atoms with E-state index < -0.39 is 12.9 Å². The van der Waals surface area contributed by atoms with Gasteiger partial charge in [-0.2, -0.15) is 0 Å². The summed E-state index contributed by atoms with van der Waals surface area (Å²) in [5, 5.41) is 22.1. The number of quaternary nitrogens is 1. The lowest BCUT2D eigenvalue weighted by Crippen LogP contribution is -2.48. The molecule has 0 amide bonds. The summed E-state index contributed by atoms with van der Waals surface area (Å²) < 4.78 is 22.8. The third-order valence-electron chi connectivity index (χ3n) is 5.74. The van der Waals surface area contributed by atoms with Gasteiger partial charge in [0.15, 0.2) is 0 Å². The van der Waals surface area contributed by atoms with Gasteiger partial charge in [-0.3, -0.25) is 0 Å². The Labute approximate surface area is 222 Å². The number of rotatable bonds is 10. The standard InChI is InChI=1S/C25H28BO6.C4H12N/c1-5-24(18-6-12-21(29-2)13-7-18)25(32-26(27)28,19-8-14-22(30-3)15-9-19)20-10-16-23(31-4)17-11-20;1-5(2,3)4/h6-17,24,27H,5H2,1-4H3;1-4H3/q-1;+1. The maximum absolute atomic E-state index is 12.2. The van der Waals surface area contributed by atoms with E-state index in [1.54, 1.807) is 21.3 Å². The van der Waals surface area contributed by atoms with Gasteiger partial charge < -0.3 is 33.4 Å². The summed E-state index contributed by atoms with van der Waals surface area (Å²) in [4.78, 5) is 0. The van der Waals surface area contributed by atoms with E-state index in [1.807, 2.05) is 79.7 Å². The van der Waals surface area contributed by atoms with E-state index >= 15 is 0 Å². The number of benzene rings is 3. The van der Waals surface area contributed by atoms with Gasteiger partial charge in [0.05, 0.1) is 49.5 Å². The molecule has 0 aliphatic heterocycles. The van der Waals surface area contributed by atoms with E-state index in [0.29, 0.717) is 17.9 Å². The van der Waals surface area contributed by atoms with Crippen LogP contribution in [0.15, 0.2) is 72.8 Å². The van der Waals surface area contributed by atoms with Gasteiger partial charge in [0.2, 0.25) is 0 Å². The number of methoxy groups -OCH3 is 3. The number of hydrogen-bond donors (Lipinski definition) is 1. The SMILES string of the molecule is CCC(c1ccc(OC)cc1)C(OB([O-])O)(c1ccc(OC)cc1)c1ccc(OC)cc1.C[N+](C)(C)C. The molecule has 0 fully saturated rings. The fraction of sp³-hybridized carbons (Fsp3) is 0.379. The molecule has 1 unspecified atom stereocenters. The minimum atomic E-state index is -2.24. The first-order chi connectivity index (χ1) is 17.5. The van der Waals surface area contributed by atoms with Crippen LogP contribution in [-0.4, -0.2) is 66.3 Å². The summed E-state index contributed by atoms with van der Waals surface area (Å²) in [6.07, 6.45) is 0.636. The maximum atomic E-state index is 12.2. The first kappa shape index (κ1) is 30.2. The molecule has 7 nitrogen and oxygen atoms in total. The quantitative estimate of drug-likeness (QED) is 0.331. The van der Waals surface area contributed by atoms with Crippen LogP contribution in [0.2, 0.25) is 0 Å². The van der Waals surface area contributed by atoms with Crippen molar-refractivity contribution < 1.29 is 33.4 Å². The number of ether oxygens (including phenoxy) is 3. The molecule has 0 aliphatic rings. The smallest absolute Gasteiger partial charge is 0.343 e. The largest absolute Gasteiger partial charge is 0.832 e. The summed E-state index contributed by atoms with van der Waals surface area (Å²) in [5.41, 5.74) is 1.13. The topological polar surface area (TPSA) is 80.2 Å². The van der Waals surface area contributed by atoms with Crippen molar-refractivity contribution in [3.05, 3.63) is 89.5 Å². The Kier molecular flexibility index (Phi) is 11.0. The normalized spacial score (nSPS) is 12.2. The summed E-state index contributed by atoms with van der Waals surface area (Å²) in [5.74, 6) is 1.79. The lowest BCUT2D eigenvalue weighted by Gasteiger charge is -2.44. The molecule has 1 atom stereocenters. The zero-order valence-corrected chi connectivity index (χ0v) is 23.2. The maximum Gasteiger partial charge on any atom is 0.343 e. The Balaban J connectivity index is 0.000000877. The van der Waals surface area contributed by atoms with Crippen molar-refractivity contribution in [1.82, 2.24) is 0 Å². The lowest BCUT2D eigenvalue weighted by molar-refractivity contribution is -0.849. The number of nitrogens with zero attached hydrogens (tertiary/aromatic N) is 1. The van der Waals surface area contributed by atoms with Crippen LogP contribution in [0.4, 0.5) is 0 Å². The van der Waals surface area contributed by atoms with E-state index in [1.165, 1.54) is 0 Å². The first-order valence-electron chi connectivity index (χ1n) is 12.2. The van der Waals surface area contributed by atoms with E-state index in [2.05, 4.69) is 28.2 Å². The van der Waals surface area contributed by atoms with Crippen molar-refractivity contribution in [3.63, 3.8) is 0 Å². The van der Waals surface area contributed by atoms with Crippen molar-refractivity contribution in [2.45, 2.75) is 24.9 Å². The van der Waals surface area contributed by atoms with Gasteiger partial charge in [-0.15, -0.1) is 0 Å². The molecule has 1 N–H and O–H groups in total. The fourth-order valence-corrected chi connectivity index (χ4v) is 4.22. The van der Waals surface area contributed by atoms with E-state index in [4.69, 9.17) is 18.9 Å². The lowest BCUT2D eigenvalue weighted by atomic mass is 9.70.